The van der Waals surface area contributed by atoms with Crippen LogP contribution in [-0.4, -0.2) is 55.4 Å². The molecule has 0 saturated heterocycles. The Labute approximate surface area is 113 Å². The maximum Gasteiger partial charge on any atom is 0.317 e. The van der Waals surface area contributed by atoms with Crippen molar-refractivity contribution in [1.82, 2.24) is 10.2 Å². The van der Waals surface area contributed by atoms with Crippen molar-refractivity contribution in [3.63, 3.8) is 0 Å². The smallest absolute Gasteiger partial charge is 0.317 e. The van der Waals surface area contributed by atoms with E-state index in [4.69, 9.17) is 9.84 Å². The van der Waals surface area contributed by atoms with E-state index in [1.165, 1.54) is 5.57 Å². The van der Waals surface area contributed by atoms with Crippen molar-refractivity contribution in [2.24, 2.45) is 0 Å². The molecule has 0 aromatic rings. The van der Waals surface area contributed by atoms with Crippen molar-refractivity contribution < 1.29 is 19.4 Å². The minimum Gasteiger partial charge on any atom is -0.481 e. The molecule has 6 heteroatoms. The molecule has 0 aromatic heterocycles. The first-order chi connectivity index (χ1) is 9.13. The van der Waals surface area contributed by atoms with Crippen LogP contribution in [-0.2, 0) is 9.53 Å². The zero-order valence-electron chi connectivity index (χ0n) is 11.4. The van der Waals surface area contributed by atoms with E-state index in [1.54, 1.807) is 12.0 Å². The van der Waals surface area contributed by atoms with Crippen LogP contribution >= 0.6 is 0 Å². The lowest BCUT2D eigenvalue weighted by molar-refractivity contribution is -0.137. The number of rotatable bonds is 7. The summed E-state index contributed by atoms with van der Waals surface area (Å²) >= 11 is 0. The lowest BCUT2D eigenvalue weighted by Gasteiger charge is -2.26. The number of nitrogens with one attached hydrogen (secondary N) is 1. The first-order valence-corrected chi connectivity index (χ1v) is 6.55. The van der Waals surface area contributed by atoms with Crippen LogP contribution in [0.4, 0.5) is 4.79 Å². The summed E-state index contributed by atoms with van der Waals surface area (Å²) in [6.07, 6.45) is 4.31. The quantitative estimate of drug-likeness (QED) is 0.538. The van der Waals surface area contributed by atoms with Gasteiger partial charge in [-0.2, -0.15) is 0 Å². The average Bonchev–Trinajstić information content (AvgIpc) is 2.39. The van der Waals surface area contributed by atoms with E-state index in [0.717, 1.165) is 6.42 Å². The highest BCUT2D eigenvalue weighted by atomic mass is 16.5. The Morgan fingerprint density at radius 2 is 2.26 bits per heavy atom. The molecular weight excluding hydrogens is 248 g/mol. The first-order valence-electron chi connectivity index (χ1n) is 6.55. The van der Waals surface area contributed by atoms with Crippen molar-refractivity contribution in [2.75, 3.05) is 33.4 Å². The molecule has 0 unspecified atom stereocenters. The number of aliphatic carboxylic acids is 1. The fourth-order valence-corrected chi connectivity index (χ4v) is 1.92. The number of hydrogen-bond donors (Lipinski definition) is 2. The third-order valence-corrected chi connectivity index (χ3v) is 3.01. The number of unbranched alkanes of at least 4 members (excludes halogenated alkanes) is 1. The van der Waals surface area contributed by atoms with Crippen molar-refractivity contribution >= 4 is 12.0 Å². The molecule has 2 amide bonds. The van der Waals surface area contributed by atoms with Gasteiger partial charge in [0, 0.05) is 33.2 Å². The Balaban J connectivity index is 2.15. The number of carbonyl (C=O) groups excluding carboxylic acids is 1. The van der Waals surface area contributed by atoms with E-state index in [2.05, 4.69) is 5.32 Å². The second-order valence-corrected chi connectivity index (χ2v) is 4.57. The fourth-order valence-electron chi connectivity index (χ4n) is 1.92. The van der Waals surface area contributed by atoms with Crippen LogP contribution in [0.3, 0.4) is 0 Å². The normalized spacial score (nSPS) is 15.0. The van der Waals surface area contributed by atoms with Crippen molar-refractivity contribution in [3.05, 3.63) is 11.6 Å². The topological polar surface area (TPSA) is 78.9 Å². The van der Waals surface area contributed by atoms with Gasteiger partial charge in [0.1, 0.15) is 0 Å². The van der Waals surface area contributed by atoms with Crippen molar-refractivity contribution in [1.29, 1.82) is 0 Å². The van der Waals surface area contributed by atoms with Gasteiger partial charge in [0.05, 0.1) is 6.61 Å². The molecule has 1 aliphatic rings. The minimum atomic E-state index is -0.793. The molecule has 1 heterocycles. The molecule has 2 N–H and O–H groups in total. The number of carboxylic acids is 1. The molecule has 0 aliphatic carbocycles. The van der Waals surface area contributed by atoms with Gasteiger partial charge >= 0.3 is 12.0 Å². The van der Waals surface area contributed by atoms with Gasteiger partial charge in [-0.15, -0.1) is 0 Å². The van der Waals surface area contributed by atoms with E-state index < -0.39 is 5.97 Å². The molecule has 6 nitrogen and oxygen atoms in total. The van der Waals surface area contributed by atoms with Gasteiger partial charge in [-0.25, -0.2) is 4.79 Å². The molecule has 0 aromatic carbocycles. The lowest BCUT2D eigenvalue weighted by atomic mass is 10.1. The standard InChI is InChI=1S/C13H22N2O4/c1-19-10-11-5-8-15(9-6-11)13(18)14-7-3-2-4-12(16)17/h5H,2-4,6-10H2,1H3,(H,14,18)(H,16,17). The number of ether oxygens (including phenoxy) is 1. The largest absolute Gasteiger partial charge is 0.481 e. The molecule has 108 valence electrons. The first kappa shape index (κ1) is 15.5. The second kappa shape index (κ2) is 8.53. The van der Waals surface area contributed by atoms with Gasteiger partial charge in [0.2, 0.25) is 0 Å². The van der Waals surface area contributed by atoms with Gasteiger partial charge in [0.25, 0.3) is 0 Å². The summed E-state index contributed by atoms with van der Waals surface area (Å²) in [5, 5.41) is 11.3. The Morgan fingerprint density at radius 3 is 2.84 bits per heavy atom. The maximum absolute atomic E-state index is 11.8. The Hall–Kier alpha value is -1.56. The van der Waals surface area contributed by atoms with Crippen LogP contribution < -0.4 is 5.32 Å². The molecule has 0 spiro atoms. The van der Waals surface area contributed by atoms with Crippen LogP contribution in [0.15, 0.2) is 11.6 Å². The third-order valence-electron chi connectivity index (χ3n) is 3.01. The molecule has 19 heavy (non-hydrogen) atoms. The monoisotopic (exact) mass is 270 g/mol. The van der Waals surface area contributed by atoms with Crippen LogP contribution in [0.5, 0.6) is 0 Å². The summed E-state index contributed by atoms with van der Waals surface area (Å²) in [6.45, 7) is 2.47. The molecule has 1 aliphatic heterocycles. The molecular formula is C13H22N2O4. The molecule has 0 atom stereocenters. The SMILES string of the molecule is COCC1=CCN(C(=O)NCCCCC(=O)O)CC1. The molecule has 0 fully saturated rings. The van der Waals surface area contributed by atoms with Gasteiger partial charge in [-0.1, -0.05) is 6.08 Å². The zero-order valence-corrected chi connectivity index (χ0v) is 11.4. The summed E-state index contributed by atoms with van der Waals surface area (Å²) < 4.78 is 5.05. The molecule has 1 rings (SSSR count). The van der Waals surface area contributed by atoms with Crippen LogP contribution in [0.1, 0.15) is 25.7 Å². The summed E-state index contributed by atoms with van der Waals surface area (Å²) in [5.41, 5.74) is 1.23. The van der Waals surface area contributed by atoms with E-state index >= 15 is 0 Å². The van der Waals surface area contributed by atoms with E-state index in [0.29, 0.717) is 39.1 Å². The highest BCUT2D eigenvalue weighted by Crippen LogP contribution is 2.10. The summed E-state index contributed by atoms with van der Waals surface area (Å²) in [7, 11) is 1.66. The van der Waals surface area contributed by atoms with Crippen LogP contribution in [0, 0.1) is 0 Å². The highest BCUT2D eigenvalue weighted by molar-refractivity contribution is 5.74. The molecule has 0 saturated carbocycles. The number of amides is 2. The highest BCUT2D eigenvalue weighted by Gasteiger charge is 2.16. The lowest BCUT2D eigenvalue weighted by Crippen LogP contribution is -2.42. The van der Waals surface area contributed by atoms with E-state index in [9.17, 15) is 9.59 Å². The number of hydrogen-bond acceptors (Lipinski definition) is 3. The van der Waals surface area contributed by atoms with Crippen LogP contribution in [0.2, 0.25) is 0 Å². The van der Waals surface area contributed by atoms with Crippen LogP contribution in [0.25, 0.3) is 0 Å². The van der Waals surface area contributed by atoms with E-state index in [-0.39, 0.29) is 12.5 Å². The number of carboxylic acid groups (broad SMARTS) is 1. The van der Waals surface area contributed by atoms with Gasteiger partial charge < -0.3 is 20.1 Å². The van der Waals surface area contributed by atoms with Gasteiger partial charge in [-0.3, -0.25) is 4.79 Å². The number of carbonyl (C=O) groups is 2. The zero-order chi connectivity index (χ0) is 14.1. The summed E-state index contributed by atoms with van der Waals surface area (Å²) in [5.74, 6) is -0.793. The molecule has 0 bridgehead atoms. The fraction of sp³-hybridized carbons (Fsp3) is 0.692. The van der Waals surface area contributed by atoms with Crippen molar-refractivity contribution in [2.45, 2.75) is 25.7 Å². The maximum atomic E-state index is 11.8. The predicted octanol–water partition coefficient (Wildman–Crippen LogP) is 1.23. The van der Waals surface area contributed by atoms with Gasteiger partial charge in [-0.05, 0) is 24.8 Å². The minimum absolute atomic E-state index is 0.0805. The van der Waals surface area contributed by atoms with E-state index in [1.807, 2.05) is 6.08 Å². The molecule has 0 radical (unpaired) electrons. The number of nitrogens with zero attached hydrogens (tertiary/aromatic N) is 1. The summed E-state index contributed by atoms with van der Waals surface area (Å²) in [6, 6.07) is -0.0805. The number of methoxy groups -OCH3 is 1. The Morgan fingerprint density at radius 1 is 1.47 bits per heavy atom. The van der Waals surface area contributed by atoms with Crippen molar-refractivity contribution in [3.8, 4) is 0 Å². The third kappa shape index (κ3) is 6.24. The second-order valence-electron chi connectivity index (χ2n) is 4.57. The summed E-state index contributed by atoms with van der Waals surface area (Å²) in [4.78, 5) is 23.9. The Bertz CT molecular complexity index is 342. The Kier molecular flexibility index (Phi) is 6.95. The number of urea groups is 1. The van der Waals surface area contributed by atoms with Gasteiger partial charge in [0.15, 0.2) is 0 Å². The average molecular weight is 270 g/mol. The predicted molar refractivity (Wildman–Crippen MR) is 71.0 cm³/mol.